The van der Waals surface area contributed by atoms with E-state index in [0.29, 0.717) is 33.4 Å². The Kier molecular flexibility index (Phi) is 4.95. The van der Waals surface area contributed by atoms with Crippen molar-refractivity contribution in [3.05, 3.63) is 35.1 Å². The monoisotopic (exact) mass is 453 g/mol. The number of halogens is 1. The number of hydrogen-bond acceptors (Lipinski definition) is 2. The van der Waals surface area contributed by atoms with Crippen molar-refractivity contribution in [3.8, 4) is 0 Å². The third kappa shape index (κ3) is 2.78. The minimum Gasteiger partial charge on any atom is -0.381 e. The van der Waals surface area contributed by atoms with Crippen molar-refractivity contribution in [2.24, 2.45) is 51.8 Å². The van der Waals surface area contributed by atoms with Crippen LogP contribution in [0.4, 0.5) is 0 Å². The Bertz CT molecular complexity index is 929. The van der Waals surface area contributed by atoms with Gasteiger partial charge in [-0.1, -0.05) is 44.5 Å². The quantitative estimate of drug-likeness (QED) is 0.436. The van der Waals surface area contributed by atoms with Crippen LogP contribution in [0.3, 0.4) is 0 Å². The lowest BCUT2D eigenvalue weighted by Crippen LogP contribution is -2.57. The van der Waals surface area contributed by atoms with Crippen LogP contribution >= 0.6 is 11.6 Å². The first-order valence-corrected chi connectivity index (χ1v) is 13.5. The van der Waals surface area contributed by atoms with Crippen LogP contribution in [-0.2, 0) is 4.74 Å². The van der Waals surface area contributed by atoms with Crippen molar-refractivity contribution in [1.29, 1.82) is 0 Å². The molecule has 5 fully saturated rings. The van der Waals surface area contributed by atoms with Crippen LogP contribution in [0.15, 0.2) is 24.3 Å². The van der Waals surface area contributed by atoms with E-state index in [1.54, 1.807) is 0 Å². The van der Waals surface area contributed by atoms with Crippen molar-refractivity contribution in [1.82, 2.24) is 4.98 Å². The molecular formula is C29H40ClNO. The van der Waals surface area contributed by atoms with Gasteiger partial charge in [0, 0.05) is 12.5 Å². The number of nitrogens with zero attached hydrogens (tertiary/aromatic N) is 1. The van der Waals surface area contributed by atoms with Gasteiger partial charge >= 0.3 is 0 Å². The molecule has 6 rings (SSSR count). The molecule has 10 atom stereocenters. The number of hydrogen-bond donors (Lipinski definition) is 0. The summed E-state index contributed by atoms with van der Waals surface area (Å²) in [6.45, 7) is 7.77. The molecule has 1 aromatic rings. The van der Waals surface area contributed by atoms with Crippen molar-refractivity contribution in [2.45, 2.75) is 78.2 Å². The van der Waals surface area contributed by atoms with Crippen molar-refractivity contribution in [2.75, 3.05) is 7.11 Å². The van der Waals surface area contributed by atoms with E-state index in [2.05, 4.69) is 44.0 Å². The SMILES string of the molecule is COC1C[C@H]2[C@@H]3CC[C@H]([C@H](C)/C=C/c4cccc(Cl)n4)[C@@]3(C)CC[C@@H]2[C@@]2(C)CC[C@@H]3CC132. The van der Waals surface area contributed by atoms with Gasteiger partial charge in [-0.25, -0.2) is 4.98 Å². The minimum absolute atomic E-state index is 0.466. The first-order valence-electron chi connectivity index (χ1n) is 13.2. The molecule has 2 unspecified atom stereocenters. The molecule has 5 saturated carbocycles. The van der Waals surface area contributed by atoms with Gasteiger partial charge in [0.2, 0.25) is 0 Å². The van der Waals surface area contributed by atoms with Gasteiger partial charge in [0.25, 0.3) is 0 Å². The number of aromatic nitrogens is 1. The summed E-state index contributed by atoms with van der Waals surface area (Å²) in [6, 6.07) is 5.89. The van der Waals surface area contributed by atoms with Crippen LogP contribution in [0.1, 0.15) is 77.8 Å². The Morgan fingerprint density at radius 3 is 2.72 bits per heavy atom. The Balaban J connectivity index is 1.25. The molecule has 0 N–H and O–H groups in total. The zero-order chi connectivity index (χ0) is 22.3. The second-order valence-corrected chi connectivity index (χ2v) is 13.0. The molecule has 0 amide bonds. The smallest absolute Gasteiger partial charge is 0.129 e. The minimum atomic E-state index is 0.466. The average molecular weight is 454 g/mol. The predicted molar refractivity (Wildman–Crippen MR) is 131 cm³/mol. The molecule has 0 radical (unpaired) electrons. The number of pyridine rings is 1. The maximum atomic E-state index is 6.29. The lowest BCUT2D eigenvalue weighted by atomic mass is 9.45. The summed E-state index contributed by atoms with van der Waals surface area (Å²) in [5, 5.41) is 0.576. The number of rotatable bonds is 4. The summed E-state index contributed by atoms with van der Waals surface area (Å²) in [7, 11) is 2.00. The first-order chi connectivity index (χ1) is 15.3. The van der Waals surface area contributed by atoms with Crippen LogP contribution in [0.25, 0.3) is 6.08 Å². The summed E-state index contributed by atoms with van der Waals surface area (Å²) in [4.78, 5) is 4.46. The molecule has 0 aliphatic heterocycles. The summed E-state index contributed by atoms with van der Waals surface area (Å²) < 4.78 is 6.29. The normalized spacial score (nSPS) is 49.9. The number of allylic oxidation sites excluding steroid dienone is 1. The van der Waals surface area contributed by atoms with Gasteiger partial charge < -0.3 is 4.74 Å². The Hall–Kier alpha value is -0.860. The molecule has 1 aromatic heterocycles. The van der Waals surface area contributed by atoms with Crippen molar-refractivity contribution in [3.63, 3.8) is 0 Å². The fraction of sp³-hybridized carbons (Fsp3) is 0.759. The second-order valence-electron chi connectivity index (χ2n) is 12.6. The summed E-state index contributed by atoms with van der Waals surface area (Å²) in [5.41, 5.74) is 2.51. The van der Waals surface area contributed by atoms with Gasteiger partial charge in [-0.2, -0.15) is 0 Å². The first kappa shape index (κ1) is 21.7. The second kappa shape index (κ2) is 7.32. The Labute approximate surface area is 199 Å². The number of ether oxygens (including phenoxy) is 1. The van der Waals surface area contributed by atoms with Crippen LogP contribution in [0.5, 0.6) is 0 Å². The molecule has 5 aliphatic rings. The van der Waals surface area contributed by atoms with E-state index in [1.807, 2.05) is 19.2 Å². The molecule has 0 bridgehead atoms. The van der Waals surface area contributed by atoms with E-state index in [4.69, 9.17) is 16.3 Å². The maximum absolute atomic E-state index is 6.29. The number of methoxy groups -OCH3 is 1. The molecule has 0 saturated heterocycles. The van der Waals surface area contributed by atoms with Gasteiger partial charge in [0.15, 0.2) is 0 Å². The highest BCUT2D eigenvalue weighted by atomic mass is 35.5. The van der Waals surface area contributed by atoms with E-state index in [0.717, 1.165) is 35.3 Å². The molecule has 3 heteroatoms. The van der Waals surface area contributed by atoms with Crippen molar-refractivity contribution >= 4 is 17.7 Å². The standard InChI is InChI=1S/C29H40ClNO/c1-18(8-9-20-6-5-7-26(30)31-20)22-10-11-23-21-16-25(32-4)29-17-19(29)12-15-28(29,3)24(21)13-14-27(22,23)2/h5-9,18-19,21-25H,10-17H2,1-4H3/b9-8+/t18-,19-,21+,22-,23+,24+,25?,27-,28-,29?/m1/s1. The highest BCUT2D eigenvalue weighted by Gasteiger charge is 2.77. The van der Waals surface area contributed by atoms with Gasteiger partial charge in [-0.15, -0.1) is 0 Å². The van der Waals surface area contributed by atoms with Gasteiger partial charge in [0.05, 0.1) is 11.8 Å². The molecule has 2 nitrogen and oxygen atoms in total. The molecule has 174 valence electrons. The molecule has 1 spiro atoms. The van der Waals surface area contributed by atoms with Gasteiger partial charge in [0.1, 0.15) is 5.15 Å². The summed E-state index contributed by atoms with van der Waals surface area (Å²) in [6.07, 6.45) is 16.5. The molecule has 1 heterocycles. The van der Waals surface area contributed by atoms with E-state index in [-0.39, 0.29) is 0 Å². The average Bonchev–Trinajstić information content (AvgIpc) is 3.28. The lowest BCUT2D eigenvalue weighted by molar-refractivity contribution is -0.160. The topological polar surface area (TPSA) is 22.1 Å². The highest BCUT2D eigenvalue weighted by Crippen LogP contribution is 2.82. The predicted octanol–water partition coefficient (Wildman–Crippen LogP) is 7.67. The van der Waals surface area contributed by atoms with E-state index in [9.17, 15) is 0 Å². The summed E-state index contributed by atoms with van der Waals surface area (Å²) >= 11 is 6.10. The van der Waals surface area contributed by atoms with E-state index < -0.39 is 0 Å². The van der Waals surface area contributed by atoms with Crippen LogP contribution in [-0.4, -0.2) is 18.2 Å². The Morgan fingerprint density at radius 1 is 1.12 bits per heavy atom. The van der Waals surface area contributed by atoms with E-state index in [1.165, 1.54) is 51.4 Å². The molecule has 5 aliphatic carbocycles. The Morgan fingerprint density at radius 2 is 1.97 bits per heavy atom. The van der Waals surface area contributed by atoms with E-state index >= 15 is 0 Å². The van der Waals surface area contributed by atoms with Crippen LogP contribution < -0.4 is 0 Å². The third-order valence-corrected chi connectivity index (χ3v) is 12.1. The zero-order valence-corrected chi connectivity index (χ0v) is 21.1. The molecule has 0 aromatic carbocycles. The lowest BCUT2D eigenvalue weighted by Gasteiger charge is -2.61. The summed E-state index contributed by atoms with van der Waals surface area (Å²) in [5.74, 6) is 4.98. The molecule has 32 heavy (non-hydrogen) atoms. The fourth-order valence-electron chi connectivity index (χ4n) is 10.4. The highest BCUT2D eigenvalue weighted by molar-refractivity contribution is 6.29. The van der Waals surface area contributed by atoms with Gasteiger partial charge in [-0.05, 0) is 116 Å². The maximum Gasteiger partial charge on any atom is 0.129 e. The molecular weight excluding hydrogens is 414 g/mol. The van der Waals surface area contributed by atoms with Crippen molar-refractivity contribution < 1.29 is 4.74 Å². The largest absolute Gasteiger partial charge is 0.381 e. The van der Waals surface area contributed by atoms with Crippen LogP contribution in [0.2, 0.25) is 5.15 Å². The fourth-order valence-corrected chi connectivity index (χ4v) is 10.6. The van der Waals surface area contributed by atoms with Crippen LogP contribution in [0, 0.1) is 51.8 Å². The van der Waals surface area contributed by atoms with Gasteiger partial charge in [-0.3, -0.25) is 0 Å². The zero-order valence-electron chi connectivity index (χ0n) is 20.3. The number of fused-ring (bicyclic) bond motifs is 4. The third-order valence-electron chi connectivity index (χ3n) is 11.8.